The summed E-state index contributed by atoms with van der Waals surface area (Å²) in [6.45, 7) is 3.31. The Morgan fingerprint density at radius 2 is 1.97 bits per heavy atom. The lowest BCUT2D eigenvalue weighted by Gasteiger charge is -2.40. The number of aryl methyl sites for hydroxylation is 2. The van der Waals surface area contributed by atoms with Gasteiger partial charge < -0.3 is 16.8 Å². The highest BCUT2D eigenvalue weighted by molar-refractivity contribution is 7.93. The minimum atomic E-state index is -4.32. The highest BCUT2D eigenvalue weighted by atomic mass is 35.5. The van der Waals surface area contributed by atoms with Gasteiger partial charge in [-0.3, -0.25) is 13.9 Å². The Morgan fingerprint density at radius 1 is 1.26 bits per heavy atom. The molecule has 0 saturated heterocycles. The third-order valence-corrected chi connectivity index (χ3v) is 8.85. The van der Waals surface area contributed by atoms with Crippen molar-refractivity contribution in [3.8, 4) is 0 Å². The molecule has 2 atom stereocenters. The van der Waals surface area contributed by atoms with E-state index in [0.717, 1.165) is 15.6 Å². The molecule has 1 aliphatic heterocycles. The fraction of sp³-hybridized carbons (Fsp3) is 0.227. The molecule has 0 radical (unpaired) electrons. The van der Waals surface area contributed by atoms with Gasteiger partial charge in [-0.1, -0.05) is 23.7 Å². The van der Waals surface area contributed by atoms with Crippen LogP contribution in [0.1, 0.15) is 16.0 Å². The van der Waals surface area contributed by atoms with Gasteiger partial charge in [-0.2, -0.15) is 0 Å². The molecule has 2 heterocycles. The van der Waals surface area contributed by atoms with Crippen LogP contribution in [-0.4, -0.2) is 31.3 Å². The third kappa shape index (κ3) is 4.22. The molecule has 9 nitrogen and oxygen atoms in total. The van der Waals surface area contributed by atoms with Crippen LogP contribution in [0.4, 0.5) is 16.5 Å². The Morgan fingerprint density at radius 3 is 2.62 bits per heavy atom. The smallest absolute Gasteiger partial charge is 0.265 e. The van der Waals surface area contributed by atoms with E-state index in [2.05, 4.69) is 10.3 Å². The zero-order chi connectivity index (χ0) is 24.8. The normalized spacial score (nSPS) is 16.6. The van der Waals surface area contributed by atoms with E-state index in [1.807, 2.05) is 0 Å². The summed E-state index contributed by atoms with van der Waals surface area (Å²) < 4.78 is 29.2. The molecule has 34 heavy (non-hydrogen) atoms. The summed E-state index contributed by atoms with van der Waals surface area (Å²) >= 11 is 7.33. The molecule has 4 rings (SSSR count). The number of hydrogen-bond donors (Lipinski definition) is 3. The van der Waals surface area contributed by atoms with Crippen LogP contribution in [0.2, 0.25) is 5.02 Å². The molecule has 1 aromatic heterocycles. The summed E-state index contributed by atoms with van der Waals surface area (Å²) in [6.07, 6.45) is 1.48. The van der Waals surface area contributed by atoms with Crippen LogP contribution < -0.4 is 21.1 Å². The van der Waals surface area contributed by atoms with Gasteiger partial charge in [0.2, 0.25) is 11.8 Å². The van der Waals surface area contributed by atoms with Gasteiger partial charge >= 0.3 is 0 Å². The molecule has 2 aromatic carbocycles. The molecule has 0 fully saturated rings. The van der Waals surface area contributed by atoms with E-state index in [1.165, 1.54) is 12.3 Å². The summed E-state index contributed by atoms with van der Waals surface area (Å²) in [4.78, 5) is 30.5. The lowest BCUT2D eigenvalue weighted by Crippen LogP contribution is -2.57. The Kier molecular flexibility index (Phi) is 6.28. The maximum Gasteiger partial charge on any atom is 0.265 e. The maximum absolute atomic E-state index is 14.1. The van der Waals surface area contributed by atoms with Gasteiger partial charge in [0, 0.05) is 16.1 Å². The molecule has 1 aliphatic rings. The summed E-state index contributed by atoms with van der Waals surface area (Å²) in [6, 6.07) is 8.07. The number of hydrogen-bond acceptors (Lipinski definition) is 7. The van der Waals surface area contributed by atoms with Crippen molar-refractivity contribution >= 4 is 61.3 Å². The summed E-state index contributed by atoms with van der Waals surface area (Å²) in [5.41, 5.74) is 12.9. The average molecular weight is 520 g/mol. The van der Waals surface area contributed by atoms with Gasteiger partial charge in [-0.25, -0.2) is 13.4 Å². The number of fused-ring (bicyclic) bond motifs is 1. The minimum absolute atomic E-state index is 0.00486. The standard InChI is InChI=1S/C22H22ClN5O4S2/c1-11-8-18(12(2)7-15(11)23)34(31,32)28-17-6-4-3-5-16(17)27-21(30)19(28)14(20(24)29)9-13-10-26-22(25)33-13/h3-8,10,14,19H,9H2,1-2H3,(H2,24,29)(H2,25,26)(H,27,30)/t14?,19-/m1/s1. The van der Waals surface area contributed by atoms with E-state index in [1.54, 1.807) is 44.2 Å². The van der Waals surface area contributed by atoms with Crippen LogP contribution >= 0.6 is 22.9 Å². The second-order valence-corrected chi connectivity index (χ2v) is 11.3. The molecule has 0 spiro atoms. The number of thiazole rings is 1. The SMILES string of the molecule is Cc1cc(S(=O)(=O)N2c3ccccc3NC(=O)[C@H]2C(Cc2cnc(N)s2)C(N)=O)c(C)cc1Cl. The Labute approximate surface area is 205 Å². The van der Waals surface area contributed by atoms with Crippen molar-refractivity contribution in [2.75, 3.05) is 15.4 Å². The van der Waals surface area contributed by atoms with Gasteiger partial charge in [0.1, 0.15) is 6.04 Å². The van der Waals surface area contributed by atoms with E-state index in [0.29, 0.717) is 26.7 Å². The average Bonchev–Trinajstić information content (AvgIpc) is 3.18. The fourth-order valence-corrected chi connectivity index (χ4v) is 6.92. The lowest BCUT2D eigenvalue weighted by molar-refractivity contribution is -0.127. The predicted octanol–water partition coefficient (Wildman–Crippen LogP) is 2.86. The third-order valence-electron chi connectivity index (χ3n) is 5.65. The van der Waals surface area contributed by atoms with Crippen LogP contribution in [0, 0.1) is 19.8 Å². The number of nitrogens with two attached hydrogens (primary N) is 2. The number of sulfonamides is 1. The highest BCUT2D eigenvalue weighted by Crippen LogP contribution is 2.40. The molecular formula is C22H22ClN5O4S2. The highest BCUT2D eigenvalue weighted by Gasteiger charge is 2.47. The van der Waals surface area contributed by atoms with Gasteiger partial charge in [0.15, 0.2) is 5.13 Å². The van der Waals surface area contributed by atoms with E-state index < -0.39 is 33.8 Å². The summed E-state index contributed by atoms with van der Waals surface area (Å²) in [5, 5.41) is 3.42. The van der Waals surface area contributed by atoms with Crippen LogP contribution in [-0.2, 0) is 26.0 Å². The first kappa shape index (κ1) is 24.0. The number of rotatable bonds is 6. The Balaban J connectivity index is 1.92. The van der Waals surface area contributed by atoms with E-state index in [9.17, 15) is 18.0 Å². The molecule has 5 N–H and O–H groups in total. The van der Waals surface area contributed by atoms with E-state index >= 15 is 0 Å². The number of amides is 2. The molecular weight excluding hydrogens is 498 g/mol. The number of para-hydroxylation sites is 2. The van der Waals surface area contributed by atoms with Gasteiger partial charge in [-0.15, -0.1) is 11.3 Å². The first-order valence-corrected chi connectivity index (χ1v) is 12.8. The minimum Gasteiger partial charge on any atom is -0.375 e. The number of nitrogen functional groups attached to an aromatic ring is 1. The predicted molar refractivity (Wildman–Crippen MR) is 132 cm³/mol. The second kappa shape index (κ2) is 8.90. The Bertz CT molecular complexity index is 1410. The monoisotopic (exact) mass is 519 g/mol. The zero-order valence-corrected chi connectivity index (χ0v) is 20.7. The number of halogens is 1. The molecule has 0 aliphatic carbocycles. The molecule has 0 bridgehead atoms. The zero-order valence-electron chi connectivity index (χ0n) is 18.3. The van der Waals surface area contributed by atoms with Crippen molar-refractivity contribution in [3.63, 3.8) is 0 Å². The fourth-order valence-electron chi connectivity index (χ4n) is 4.00. The molecule has 178 valence electrons. The number of nitrogens with one attached hydrogen (secondary N) is 1. The van der Waals surface area contributed by atoms with Crippen LogP contribution in [0.5, 0.6) is 0 Å². The second-order valence-electron chi connectivity index (χ2n) is 8.00. The first-order valence-electron chi connectivity index (χ1n) is 10.2. The number of aromatic nitrogens is 1. The van der Waals surface area contributed by atoms with Crippen molar-refractivity contribution in [1.29, 1.82) is 0 Å². The maximum atomic E-state index is 14.1. The quantitative estimate of drug-likeness (QED) is 0.456. The van der Waals surface area contributed by atoms with Crippen molar-refractivity contribution in [1.82, 2.24) is 4.98 Å². The molecule has 2 amide bonds. The number of primary amides is 1. The van der Waals surface area contributed by atoms with Gasteiger partial charge in [-0.05, 0) is 55.7 Å². The van der Waals surface area contributed by atoms with Crippen LogP contribution in [0.15, 0.2) is 47.5 Å². The number of benzene rings is 2. The Hall–Kier alpha value is -3.15. The topological polar surface area (TPSA) is 148 Å². The largest absolute Gasteiger partial charge is 0.375 e. The van der Waals surface area contributed by atoms with E-state index in [-0.39, 0.29) is 22.1 Å². The summed E-state index contributed by atoms with van der Waals surface area (Å²) in [5.74, 6) is -2.67. The van der Waals surface area contributed by atoms with Gasteiger partial charge in [0.05, 0.1) is 22.2 Å². The molecule has 3 aromatic rings. The molecule has 1 unspecified atom stereocenters. The van der Waals surface area contributed by atoms with Crippen molar-refractivity contribution in [2.24, 2.45) is 11.7 Å². The van der Waals surface area contributed by atoms with Crippen LogP contribution in [0.3, 0.4) is 0 Å². The van der Waals surface area contributed by atoms with Crippen molar-refractivity contribution < 1.29 is 18.0 Å². The number of nitrogens with zero attached hydrogens (tertiary/aromatic N) is 2. The lowest BCUT2D eigenvalue weighted by atomic mass is 9.92. The van der Waals surface area contributed by atoms with Gasteiger partial charge in [0.25, 0.3) is 10.0 Å². The molecule has 0 saturated carbocycles. The van der Waals surface area contributed by atoms with E-state index in [4.69, 9.17) is 23.1 Å². The summed E-state index contributed by atoms with van der Waals surface area (Å²) in [7, 11) is -4.32. The van der Waals surface area contributed by atoms with Crippen LogP contribution in [0.25, 0.3) is 0 Å². The molecule has 12 heteroatoms. The number of carbonyl (C=O) groups is 2. The van der Waals surface area contributed by atoms with Crippen molar-refractivity contribution in [2.45, 2.75) is 31.2 Å². The number of carbonyl (C=O) groups excluding carboxylic acids is 2. The number of anilines is 3. The van der Waals surface area contributed by atoms with Crippen molar-refractivity contribution in [3.05, 3.63) is 63.6 Å². The first-order chi connectivity index (χ1) is 16.0.